The summed E-state index contributed by atoms with van der Waals surface area (Å²) in [7, 11) is -4.06. The molecule has 1 heterocycles. The number of hydrogen-bond acceptors (Lipinski definition) is 4. The maximum Gasteiger partial charge on any atom is 0.435 e. The van der Waals surface area contributed by atoms with E-state index in [4.69, 9.17) is 5.14 Å². The average Bonchev–Trinajstić information content (AvgIpc) is 3.07. The fraction of sp³-hybridized carbons (Fsp3) is 0.211. The van der Waals surface area contributed by atoms with Gasteiger partial charge >= 0.3 is 6.18 Å². The molecule has 0 saturated heterocycles. The smallest absolute Gasteiger partial charge is 0.396 e. The Kier molecular flexibility index (Phi) is 5.52. The number of aliphatic hydroxyl groups excluding tert-OH is 1. The molecule has 0 amide bonds. The number of alkyl halides is 3. The Morgan fingerprint density at radius 1 is 1.10 bits per heavy atom. The molecule has 0 radical (unpaired) electrons. The summed E-state index contributed by atoms with van der Waals surface area (Å²) < 4.78 is 64.5. The number of halogens is 3. The van der Waals surface area contributed by atoms with Crippen molar-refractivity contribution in [1.29, 1.82) is 0 Å². The van der Waals surface area contributed by atoms with Crippen LogP contribution in [0, 0.1) is 6.92 Å². The first-order valence-electron chi connectivity index (χ1n) is 8.52. The Morgan fingerprint density at radius 2 is 1.76 bits per heavy atom. The molecule has 0 aliphatic heterocycles. The maximum absolute atomic E-state index is 13.3. The third kappa shape index (κ3) is 4.50. The lowest BCUT2D eigenvalue weighted by Crippen LogP contribution is -2.16. The monoisotopic (exact) mass is 425 g/mol. The maximum atomic E-state index is 13.3. The van der Waals surface area contributed by atoms with Crippen LogP contribution in [0.5, 0.6) is 0 Å². The summed E-state index contributed by atoms with van der Waals surface area (Å²) in [6, 6.07) is 11.7. The van der Waals surface area contributed by atoms with Gasteiger partial charge in [-0.05, 0) is 43.2 Å². The standard InChI is InChI=1S/C19H18F3N3O3S/c1-12-2-4-13(5-3-12)16-11-18(19(20,21)22)24-25(16)15-6-7-17(29(23,27)28)14(10-15)8-9-26/h2-7,10-11,26H,8-9H2,1H3,(H2,23,27,28). The first-order chi connectivity index (χ1) is 13.5. The topological polar surface area (TPSA) is 98.2 Å². The van der Waals surface area contributed by atoms with Gasteiger partial charge in [-0.1, -0.05) is 29.8 Å². The Balaban J connectivity index is 2.23. The lowest BCUT2D eigenvalue weighted by molar-refractivity contribution is -0.141. The quantitative estimate of drug-likeness (QED) is 0.657. The average molecular weight is 425 g/mol. The molecule has 0 aliphatic carbocycles. The van der Waals surface area contributed by atoms with E-state index in [1.165, 1.54) is 18.2 Å². The highest BCUT2D eigenvalue weighted by Crippen LogP contribution is 2.33. The van der Waals surface area contributed by atoms with Gasteiger partial charge in [0.2, 0.25) is 10.0 Å². The number of rotatable bonds is 5. The molecule has 2 aromatic carbocycles. The Labute approximate surface area is 165 Å². The van der Waals surface area contributed by atoms with E-state index < -0.39 is 21.9 Å². The Hall–Kier alpha value is -2.69. The van der Waals surface area contributed by atoms with Crippen LogP contribution in [0.1, 0.15) is 16.8 Å². The number of nitrogens with zero attached hydrogens (tertiary/aromatic N) is 2. The third-order valence-corrected chi connectivity index (χ3v) is 5.33. The van der Waals surface area contributed by atoms with Crippen LogP contribution in [-0.2, 0) is 22.6 Å². The number of sulfonamides is 1. The van der Waals surface area contributed by atoms with Crippen molar-refractivity contribution in [2.24, 2.45) is 5.14 Å². The van der Waals surface area contributed by atoms with Gasteiger partial charge in [-0.25, -0.2) is 18.2 Å². The number of aliphatic hydroxyl groups is 1. The van der Waals surface area contributed by atoms with Crippen molar-refractivity contribution in [3.63, 3.8) is 0 Å². The van der Waals surface area contributed by atoms with Crippen molar-refractivity contribution in [2.45, 2.75) is 24.4 Å². The van der Waals surface area contributed by atoms with Crippen LogP contribution in [-0.4, -0.2) is 29.9 Å². The molecule has 0 fully saturated rings. The zero-order valence-corrected chi connectivity index (χ0v) is 16.1. The van der Waals surface area contributed by atoms with Gasteiger partial charge in [0.05, 0.1) is 16.3 Å². The van der Waals surface area contributed by atoms with Gasteiger partial charge in [0.1, 0.15) is 0 Å². The number of aromatic nitrogens is 2. The van der Waals surface area contributed by atoms with Crippen molar-refractivity contribution in [1.82, 2.24) is 9.78 Å². The van der Waals surface area contributed by atoms with E-state index in [1.807, 2.05) is 6.92 Å². The summed E-state index contributed by atoms with van der Waals surface area (Å²) in [6.45, 7) is 1.50. The van der Waals surface area contributed by atoms with Crippen molar-refractivity contribution in [3.05, 3.63) is 65.4 Å². The van der Waals surface area contributed by atoms with E-state index in [2.05, 4.69) is 5.10 Å². The highest BCUT2D eigenvalue weighted by molar-refractivity contribution is 7.89. The molecule has 0 spiro atoms. The molecule has 0 unspecified atom stereocenters. The predicted octanol–water partition coefficient (Wildman–Crippen LogP) is 3.05. The number of benzene rings is 2. The fourth-order valence-corrected chi connectivity index (χ4v) is 3.72. The van der Waals surface area contributed by atoms with Crippen molar-refractivity contribution in [3.8, 4) is 16.9 Å². The van der Waals surface area contributed by atoms with E-state index in [9.17, 15) is 26.7 Å². The Morgan fingerprint density at radius 3 is 2.31 bits per heavy atom. The van der Waals surface area contributed by atoms with Crippen LogP contribution in [0.2, 0.25) is 0 Å². The first-order valence-corrected chi connectivity index (χ1v) is 10.1. The number of nitrogens with two attached hydrogens (primary N) is 1. The van der Waals surface area contributed by atoms with E-state index in [0.29, 0.717) is 5.56 Å². The summed E-state index contributed by atoms with van der Waals surface area (Å²) in [6.07, 6.45) is -4.69. The molecular formula is C19H18F3N3O3S. The third-order valence-electron chi connectivity index (χ3n) is 4.32. The molecule has 154 valence electrons. The predicted molar refractivity (Wildman–Crippen MR) is 101 cm³/mol. The summed E-state index contributed by atoms with van der Waals surface area (Å²) in [5.41, 5.74) is 0.970. The molecule has 1 aromatic heterocycles. The second kappa shape index (κ2) is 7.62. The van der Waals surface area contributed by atoms with Crippen LogP contribution in [0.3, 0.4) is 0 Å². The van der Waals surface area contributed by atoms with Crippen LogP contribution in [0.15, 0.2) is 53.4 Å². The zero-order chi connectivity index (χ0) is 21.4. The van der Waals surface area contributed by atoms with Gasteiger partial charge in [-0.15, -0.1) is 0 Å². The molecule has 3 rings (SSSR count). The molecule has 0 aliphatic rings. The molecule has 3 N–H and O–H groups in total. The number of aryl methyl sites for hydroxylation is 1. The zero-order valence-electron chi connectivity index (χ0n) is 15.3. The minimum absolute atomic E-state index is 0.0349. The van der Waals surface area contributed by atoms with E-state index in [1.54, 1.807) is 24.3 Å². The lowest BCUT2D eigenvalue weighted by atomic mass is 10.1. The molecule has 3 aromatic rings. The molecule has 29 heavy (non-hydrogen) atoms. The summed E-state index contributed by atoms with van der Waals surface area (Å²) in [4.78, 5) is -0.199. The molecule has 0 saturated carbocycles. The van der Waals surface area contributed by atoms with Gasteiger partial charge < -0.3 is 5.11 Å². The van der Waals surface area contributed by atoms with Crippen molar-refractivity contribution in [2.75, 3.05) is 6.61 Å². The summed E-state index contributed by atoms with van der Waals surface area (Å²) in [5, 5.41) is 18.1. The van der Waals surface area contributed by atoms with Crippen LogP contribution >= 0.6 is 0 Å². The van der Waals surface area contributed by atoms with Crippen molar-refractivity contribution < 1.29 is 26.7 Å². The van der Waals surface area contributed by atoms with Gasteiger partial charge in [-0.3, -0.25) is 0 Å². The van der Waals surface area contributed by atoms with Gasteiger partial charge in [0.25, 0.3) is 0 Å². The summed E-state index contributed by atoms with van der Waals surface area (Å²) in [5.74, 6) is 0. The number of primary sulfonamides is 1. The van der Waals surface area contributed by atoms with E-state index in [-0.39, 0.29) is 34.9 Å². The van der Waals surface area contributed by atoms with Crippen molar-refractivity contribution >= 4 is 10.0 Å². The lowest BCUT2D eigenvalue weighted by Gasteiger charge is -2.12. The SMILES string of the molecule is Cc1ccc(-c2cc(C(F)(F)F)nn2-c2ccc(S(N)(=O)=O)c(CCO)c2)cc1. The van der Waals surface area contributed by atoms with Crippen LogP contribution in [0.25, 0.3) is 16.9 Å². The minimum Gasteiger partial charge on any atom is -0.396 e. The number of hydrogen-bond donors (Lipinski definition) is 2. The molecular weight excluding hydrogens is 407 g/mol. The van der Waals surface area contributed by atoms with Gasteiger partial charge in [0.15, 0.2) is 5.69 Å². The normalized spacial score (nSPS) is 12.3. The summed E-state index contributed by atoms with van der Waals surface area (Å²) >= 11 is 0. The molecule has 10 heteroatoms. The Bertz CT molecular complexity index is 1140. The fourth-order valence-electron chi connectivity index (χ4n) is 2.94. The molecule has 0 bridgehead atoms. The second-order valence-corrected chi connectivity index (χ2v) is 8.03. The molecule has 0 atom stereocenters. The first kappa shape index (κ1) is 21.0. The molecule has 6 nitrogen and oxygen atoms in total. The largest absolute Gasteiger partial charge is 0.435 e. The highest BCUT2D eigenvalue weighted by atomic mass is 32.2. The van der Waals surface area contributed by atoms with Gasteiger partial charge in [0, 0.05) is 12.2 Å². The highest BCUT2D eigenvalue weighted by Gasteiger charge is 2.35. The van der Waals surface area contributed by atoms with Crippen LogP contribution < -0.4 is 5.14 Å². The van der Waals surface area contributed by atoms with E-state index >= 15 is 0 Å². The van der Waals surface area contributed by atoms with E-state index in [0.717, 1.165) is 16.3 Å². The van der Waals surface area contributed by atoms with Gasteiger partial charge in [-0.2, -0.15) is 18.3 Å². The van der Waals surface area contributed by atoms with Crippen LogP contribution in [0.4, 0.5) is 13.2 Å². The minimum atomic E-state index is -4.65. The second-order valence-electron chi connectivity index (χ2n) is 6.50.